The molecule has 1 aliphatic carbocycles. The van der Waals surface area contributed by atoms with Gasteiger partial charge in [-0.2, -0.15) is 0 Å². The largest absolute Gasteiger partial charge is 0.381 e. The van der Waals surface area contributed by atoms with E-state index in [4.69, 9.17) is 4.74 Å². The number of ether oxygens (including phenoxy) is 1. The van der Waals surface area contributed by atoms with Crippen molar-refractivity contribution in [2.24, 2.45) is 17.8 Å². The van der Waals surface area contributed by atoms with E-state index in [2.05, 4.69) is 50.5 Å². The topological polar surface area (TPSA) is 70.6 Å². The molecule has 0 bridgehead atoms. The number of carbonyl (C=O) groups excluding carboxylic acids is 1. The van der Waals surface area contributed by atoms with E-state index in [-0.39, 0.29) is 5.91 Å². The van der Waals surface area contributed by atoms with Crippen LogP contribution in [0.15, 0.2) is 36.7 Å². The van der Waals surface area contributed by atoms with E-state index in [1.165, 1.54) is 31.2 Å². The standard InChI is InChI=1S/C30H41N5O2/c1-21-28(30(36)34-12-10-27(11-13-34)35-16-25-18-37-19-26(25)17-35)32-20-33-29(21)31-15-22-6-5-9-24(14-22)23-7-3-2-4-8-23/h2-4,7-8,20,22,24-27H,5-6,9-19H2,1H3,(H,31,32,33)/t22-,24+,25-,26+/m0/s1. The van der Waals surface area contributed by atoms with Crippen molar-refractivity contribution >= 4 is 11.7 Å². The maximum atomic E-state index is 13.4. The second-order valence-corrected chi connectivity index (χ2v) is 11.8. The highest BCUT2D eigenvalue weighted by atomic mass is 16.5. The zero-order chi connectivity index (χ0) is 25.2. The summed E-state index contributed by atoms with van der Waals surface area (Å²) in [4.78, 5) is 27.0. The number of rotatable bonds is 6. The molecule has 1 N–H and O–H groups in total. The average Bonchev–Trinajstić information content (AvgIpc) is 3.56. The number of hydrogen-bond donors (Lipinski definition) is 1. The summed E-state index contributed by atoms with van der Waals surface area (Å²) in [5.41, 5.74) is 2.88. The molecule has 3 aliphatic heterocycles. The third kappa shape index (κ3) is 5.39. The summed E-state index contributed by atoms with van der Waals surface area (Å²) in [5.74, 6) is 3.54. The molecule has 4 atom stereocenters. The van der Waals surface area contributed by atoms with Gasteiger partial charge >= 0.3 is 0 Å². The highest BCUT2D eigenvalue weighted by Gasteiger charge is 2.40. The molecule has 2 aromatic rings. The Morgan fingerprint density at radius 1 is 1.03 bits per heavy atom. The molecule has 1 amide bonds. The first-order chi connectivity index (χ1) is 18.2. The van der Waals surface area contributed by atoms with Gasteiger partial charge in [0.2, 0.25) is 0 Å². The van der Waals surface area contributed by atoms with Crippen molar-refractivity contribution in [2.75, 3.05) is 51.3 Å². The van der Waals surface area contributed by atoms with Gasteiger partial charge in [0, 0.05) is 56.2 Å². The molecule has 6 rings (SSSR count). The van der Waals surface area contributed by atoms with Crippen LogP contribution in [0, 0.1) is 24.7 Å². The van der Waals surface area contributed by atoms with Crippen LogP contribution in [-0.4, -0.2) is 77.7 Å². The number of piperidine rings is 1. The van der Waals surface area contributed by atoms with Gasteiger partial charge in [0.05, 0.1) is 13.2 Å². The van der Waals surface area contributed by atoms with Gasteiger partial charge in [-0.25, -0.2) is 9.97 Å². The van der Waals surface area contributed by atoms with Crippen molar-refractivity contribution in [3.63, 3.8) is 0 Å². The Kier molecular flexibility index (Phi) is 7.43. The fourth-order valence-electron chi connectivity index (χ4n) is 7.19. The maximum absolute atomic E-state index is 13.4. The van der Waals surface area contributed by atoms with Crippen molar-refractivity contribution in [3.8, 4) is 0 Å². The number of amides is 1. The summed E-state index contributed by atoms with van der Waals surface area (Å²) in [6.07, 6.45) is 8.63. The lowest BCUT2D eigenvalue weighted by Crippen LogP contribution is -2.46. The molecule has 198 valence electrons. The molecule has 4 aliphatic rings. The predicted molar refractivity (Wildman–Crippen MR) is 145 cm³/mol. The van der Waals surface area contributed by atoms with Crippen LogP contribution in [0.4, 0.5) is 5.82 Å². The van der Waals surface area contributed by atoms with E-state index < -0.39 is 0 Å². The van der Waals surface area contributed by atoms with Gasteiger partial charge in [-0.3, -0.25) is 9.69 Å². The summed E-state index contributed by atoms with van der Waals surface area (Å²) in [6.45, 7) is 8.67. The number of carbonyl (C=O) groups is 1. The van der Waals surface area contributed by atoms with Gasteiger partial charge in [-0.1, -0.05) is 36.8 Å². The molecule has 0 spiro atoms. The van der Waals surface area contributed by atoms with Crippen molar-refractivity contribution in [2.45, 2.75) is 57.4 Å². The van der Waals surface area contributed by atoms with Crippen LogP contribution in [0.3, 0.4) is 0 Å². The number of likely N-dealkylation sites (tertiary alicyclic amines) is 2. The zero-order valence-corrected chi connectivity index (χ0v) is 22.1. The van der Waals surface area contributed by atoms with Crippen molar-refractivity contribution in [3.05, 3.63) is 53.5 Å². The Labute approximate surface area is 221 Å². The van der Waals surface area contributed by atoms with Crippen LogP contribution in [0.25, 0.3) is 0 Å². The van der Waals surface area contributed by atoms with Crippen LogP contribution < -0.4 is 5.32 Å². The van der Waals surface area contributed by atoms with Gasteiger partial charge in [0.1, 0.15) is 17.8 Å². The Hall–Kier alpha value is -2.51. The summed E-state index contributed by atoms with van der Waals surface area (Å²) in [7, 11) is 0. The van der Waals surface area contributed by atoms with E-state index in [1.807, 2.05) is 11.8 Å². The summed E-state index contributed by atoms with van der Waals surface area (Å²) in [5, 5.41) is 3.58. The van der Waals surface area contributed by atoms with Crippen LogP contribution >= 0.6 is 0 Å². The lowest BCUT2D eigenvalue weighted by molar-refractivity contribution is 0.0612. The predicted octanol–water partition coefficient (Wildman–Crippen LogP) is 4.35. The van der Waals surface area contributed by atoms with Crippen LogP contribution in [0.5, 0.6) is 0 Å². The van der Waals surface area contributed by atoms with E-state index in [0.717, 1.165) is 70.2 Å². The van der Waals surface area contributed by atoms with Gasteiger partial charge in [0.15, 0.2) is 0 Å². The van der Waals surface area contributed by atoms with Gasteiger partial charge < -0.3 is 15.0 Å². The molecular formula is C30H41N5O2. The number of anilines is 1. The maximum Gasteiger partial charge on any atom is 0.272 e. The molecule has 7 nitrogen and oxygen atoms in total. The van der Waals surface area contributed by atoms with E-state index in [1.54, 1.807) is 6.33 Å². The minimum Gasteiger partial charge on any atom is -0.381 e. The number of nitrogens with zero attached hydrogens (tertiary/aromatic N) is 4. The third-order valence-corrected chi connectivity index (χ3v) is 9.44. The molecule has 4 heterocycles. The number of nitrogens with one attached hydrogen (secondary N) is 1. The number of benzene rings is 1. The van der Waals surface area contributed by atoms with Crippen molar-refractivity contribution in [1.82, 2.24) is 19.8 Å². The van der Waals surface area contributed by atoms with Crippen molar-refractivity contribution in [1.29, 1.82) is 0 Å². The smallest absolute Gasteiger partial charge is 0.272 e. The summed E-state index contributed by atoms with van der Waals surface area (Å²) in [6, 6.07) is 11.5. The molecule has 0 unspecified atom stereocenters. The molecule has 3 saturated heterocycles. The first-order valence-electron chi connectivity index (χ1n) is 14.4. The number of fused-ring (bicyclic) bond motifs is 1. The average molecular weight is 504 g/mol. The highest BCUT2D eigenvalue weighted by Crippen LogP contribution is 2.36. The Morgan fingerprint density at radius 2 is 1.78 bits per heavy atom. The lowest BCUT2D eigenvalue weighted by Gasteiger charge is -2.37. The van der Waals surface area contributed by atoms with Crippen LogP contribution in [-0.2, 0) is 4.74 Å². The van der Waals surface area contributed by atoms with E-state index in [0.29, 0.717) is 35.4 Å². The summed E-state index contributed by atoms with van der Waals surface area (Å²) >= 11 is 0. The molecule has 1 saturated carbocycles. The highest BCUT2D eigenvalue weighted by molar-refractivity contribution is 5.94. The molecule has 37 heavy (non-hydrogen) atoms. The first-order valence-corrected chi connectivity index (χ1v) is 14.4. The summed E-state index contributed by atoms with van der Waals surface area (Å²) < 4.78 is 5.64. The van der Waals surface area contributed by atoms with Gasteiger partial charge in [-0.15, -0.1) is 0 Å². The third-order valence-electron chi connectivity index (χ3n) is 9.44. The molecule has 1 aromatic carbocycles. The van der Waals surface area contributed by atoms with Crippen LogP contribution in [0.1, 0.15) is 66.1 Å². The molecular weight excluding hydrogens is 462 g/mol. The molecule has 0 radical (unpaired) electrons. The lowest BCUT2D eigenvalue weighted by atomic mass is 9.78. The van der Waals surface area contributed by atoms with E-state index >= 15 is 0 Å². The fraction of sp³-hybridized carbons (Fsp3) is 0.633. The monoisotopic (exact) mass is 503 g/mol. The van der Waals surface area contributed by atoms with Crippen molar-refractivity contribution < 1.29 is 9.53 Å². The minimum atomic E-state index is 0.0508. The Morgan fingerprint density at radius 3 is 2.54 bits per heavy atom. The fourth-order valence-corrected chi connectivity index (χ4v) is 7.19. The Balaban J connectivity index is 1.03. The number of hydrogen-bond acceptors (Lipinski definition) is 6. The number of aromatic nitrogens is 2. The minimum absolute atomic E-state index is 0.0508. The quantitative estimate of drug-likeness (QED) is 0.632. The second-order valence-electron chi connectivity index (χ2n) is 11.8. The van der Waals surface area contributed by atoms with Gasteiger partial charge in [-0.05, 0) is 56.4 Å². The second kappa shape index (κ2) is 11.1. The normalized spacial score (nSPS) is 28.8. The van der Waals surface area contributed by atoms with E-state index in [9.17, 15) is 4.79 Å². The first kappa shape index (κ1) is 24.8. The molecule has 4 fully saturated rings. The SMILES string of the molecule is Cc1c(NC[C@H]2CCC[C@@H](c3ccccc3)C2)ncnc1C(=O)N1CCC(N2C[C@H]3COC[C@H]3C2)CC1. The molecule has 7 heteroatoms. The Bertz CT molecular complexity index is 1060. The zero-order valence-electron chi connectivity index (χ0n) is 22.1. The molecule has 1 aromatic heterocycles. The van der Waals surface area contributed by atoms with Crippen LogP contribution in [0.2, 0.25) is 0 Å². The van der Waals surface area contributed by atoms with Gasteiger partial charge in [0.25, 0.3) is 5.91 Å².